The highest BCUT2D eigenvalue weighted by atomic mass is 79.9. The number of nitrogens with zero attached hydrogens (tertiary/aromatic N) is 1. The van der Waals surface area contributed by atoms with Gasteiger partial charge in [-0.15, -0.1) is 0 Å². The number of carbonyl (C=O) groups excluding carboxylic acids is 1. The van der Waals surface area contributed by atoms with Crippen molar-refractivity contribution < 1.29 is 4.79 Å². The first-order valence-corrected chi connectivity index (χ1v) is 6.52. The first kappa shape index (κ1) is 13.9. The standard InChI is InChI=1S/C14H16BrNO/c1-10(2)7-8-14(17)12(9-16)11-5-3-4-6-13(11)15/h3-6,10,12H,7-8H2,1-2H3. The molecule has 0 amide bonds. The molecule has 0 heterocycles. The lowest BCUT2D eigenvalue weighted by molar-refractivity contribution is -0.119. The number of rotatable bonds is 5. The lowest BCUT2D eigenvalue weighted by atomic mass is 9.92. The molecule has 1 unspecified atom stereocenters. The van der Waals surface area contributed by atoms with E-state index >= 15 is 0 Å². The summed E-state index contributed by atoms with van der Waals surface area (Å²) in [4.78, 5) is 12.0. The van der Waals surface area contributed by atoms with Crippen molar-refractivity contribution >= 4 is 21.7 Å². The van der Waals surface area contributed by atoms with Gasteiger partial charge in [-0.25, -0.2) is 0 Å². The average Bonchev–Trinajstić information content (AvgIpc) is 2.30. The normalized spacial score (nSPS) is 12.2. The second kappa shape index (κ2) is 6.56. The van der Waals surface area contributed by atoms with Crippen LogP contribution >= 0.6 is 15.9 Å². The predicted molar refractivity (Wildman–Crippen MR) is 71.6 cm³/mol. The van der Waals surface area contributed by atoms with Gasteiger partial charge in [-0.2, -0.15) is 5.26 Å². The van der Waals surface area contributed by atoms with E-state index in [2.05, 4.69) is 35.8 Å². The van der Waals surface area contributed by atoms with Gasteiger partial charge in [-0.1, -0.05) is 48.0 Å². The number of benzene rings is 1. The maximum Gasteiger partial charge on any atom is 0.154 e. The van der Waals surface area contributed by atoms with Gasteiger partial charge in [-0.3, -0.25) is 4.79 Å². The topological polar surface area (TPSA) is 40.9 Å². The fourth-order valence-electron chi connectivity index (χ4n) is 1.60. The molecule has 0 radical (unpaired) electrons. The number of Topliss-reactive ketones (excluding diaryl/α,β-unsaturated/α-hetero) is 1. The highest BCUT2D eigenvalue weighted by Crippen LogP contribution is 2.26. The summed E-state index contributed by atoms with van der Waals surface area (Å²) in [5, 5.41) is 9.15. The van der Waals surface area contributed by atoms with Crippen LogP contribution in [-0.4, -0.2) is 5.78 Å². The molecule has 1 aromatic carbocycles. The Labute approximate surface area is 111 Å². The second-order valence-electron chi connectivity index (χ2n) is 4.48. The Bertz CT molecular complexity index is 434. The van der Waals surface area contributed by atoms with E-state index < -0.39 is 5.92 Å². The SMILES string of the molecule is CC(C)CCC(=O)C(C#N)c1ccccc1Br. The van der Waals surface area contributed by atoms with Crippen molar-refractivity contribution in [2.45, 2.75) is 32.6 Å². The van der Waals surface area contributed by atoms with Crippen molar-refractivity contribution in [3.63, 3.8) is 0 Å². The predicted octanol–water partition coefficient (Wildman–Crippen LogP) is 4.06. The van der Waals surface area contributed by atoms with Crippen LogP contribution in [0.4, 0.5) is 0 Å². The fraction of sp³-hybridized carbons (Fsp3) is 0.429. The van der Waals surface area contributed by atoms with Crippen LogP contribution < -0.4 is 0 Å². The van der Waals surface area contributed by atoms with Crippen molar-refractivity contribution in [1.29, 1.82) is 5.26 Å². The fourth-order valence-corrected chi connectivity index (χ4v) is 2.11. The summed E-state index contributed by atoms with van der Waals surface area (Å²) >= 11 is 3.38. The van der Waals surface area contributed by atoms with Gasteiger partial charge in [0, 0.05) is 10.9 Å². The molecule has 0 aliphatic rings. The van der Waals surface area contributed by atoms with E-state index in [-0.39, 0.29) is 5.78 Å². The van der Waals surface area contributed by atoms with Gasteiger partial charge in [0.25, 0.3) is 0 Å². The van der Waals surface area contributed by atoms with Crippen LogP contribution in [0.1, 0.15) is 38.2 Å². The van der Waals surface area contributed by atoms with Gasteiger partial charge in [0.15, 0.2) is 5.78 Å². The average molecular weight is 294 g/mol. The molecule has 0 saturated heterocycles. The van der Waals surface area contributed by atoms with Crippen LogP contribution in [0.5, 0.6) is 0 Å². The minimum atomic E-state index is -0.649. The molecule has 2 nitrogen and oxygen atoms in total. The van der Waals surface area contributed by atoms with E-state index in [4.69, 9.17) is 5.26 Å². The van der Waals surface area contributed by atoms with Gasteiger partial charge in [0.2, 0.25) is 0 Å². The van der Waals surface area contributed by atoms with Gasteiger partial charge < -0.3 is 0 Å². The van der Waals surface area contributed by atoms with Crippen LogP contribution in [0.2, 0.25) is 0 Å². The lowest BCUT2D eigenvalue weighted by Gasteiger charge is -2.11. The minimum absolute atomic E-state index is 0.00750. The summed E-state index contributed by atoms with van der Waals surface area (Å²) in [6, 6.07) is 9.51. The van der Waals surface area contributed by atoms with Crippen LogP contribution in [-0.2, 0) is 4.79 Å². The first-order valence-electron chi connectivity index (χ1n) is 5.73. The third-order valence-corrected chi connectivity index (χ3v) is 3.36. The molecule has 1 rings (SSSR count). The molecule has 0 saturated carbocycles. The van der Waals surface area contributed by atoms with Crippen molar-refractivity contribution in [2.24, 2.45) is 5.92 Å². The van der Waals surface area contributed by atoms with Gasteiger partial charge in [-0.05, 0) is 24.0 Å². The van der Waals surface area contributed by atoms with E-state index in [1.54, 1.807) is 0 Å². The zero-order valence-electron chi connectivity index (χ0n) is 10.1. The minimum Gasteiger partial charge on any atom is -0.298 e. The highest BCUT2D eigenvalue weighted by molar-refractivity contribution is 9.10. The summed E-state index contributed by atoms with van der Waals surface area (Å²) in [6.07, 6.45) is 1.30. The maximum atomic E-state index is 12.0. The molecule has 0 N–H and O–H groups in total. The molecule has 0 fully saturated rings. The number of halogens is 1. The number of hydrogen-bond donors (Lipinski definition) is 0. The quantitative estimate of drug-likeness (QED) is 0.821. The molecular weight excluding hydrogens is 278 g/mol. The van der Waals surface area contributed by atoms with Gasteiger partial charge >= 0.3 is 0 Å². The molecule has 0 aromatic heterocycles. The zero-order chi connectivity index (χ0) is 12.8. The number of nitriles is 1. The van der Waals surface area contributed by atoms with Crippen LogP contribution in [0.3, 0.4) is 0 Å². The van der Waals surface area contributed by atoms with Crippen LogP contribution in [0, 0.1) is 17.2 Å². The number of hydrogen-bond acceptors (Lipinski definition) is 2. The lowest BCUT2D eigenvalue weighted by Crippen LogP contribution is -2.12. The highest BCUT2D eigenvalue weighted by Gasteiger charge is 2.21. The Morgan fingerprint density at radius 1 is 1.41 bits per heavy atom. The van der Waals surface area contributed by atoms with Crippen molar-refractivity contribution in [3.8, 4) is 6.07 Å². The molecule has 0 bridgehead atoms. The molecule has 1 aromatic rings. The van der Waals surface area contributed by atoms with E-state index in [0.717, 1.165) is 16.5 Å². The molecule has 1 atom stereocenters. The Kier molecular flexibility index (Phi) is 5.37. The van der Waals surface area contributed by atoms with E-state index in [1.807, 2.05) is 24.3 Å². The summed E-state index contributed by atoms with van der Waals surface area (Å²) in [5.74, 6) is -0.157. The number of carbonyl (C=O) groups is 1. The van der Waals surface area contributed by atoms with Crippen molar-refractivity contribution in [1.82, 2.24) is 0 Å². The van der Waals surface area contributed by atoms with Gasteiger partial charge in [0.05, 0.1) is 6.07 Å². The third-order valence-electron chi connectivity index (χ3n) is 2.64. The second-order valence-corrected chi connectivity index (χ2v) is 5.34. The largest absolute Gasteiger partial charge is 0.298 e. The molecule has 90 valence electrons. The molecule has 17 heavy (non-hydrogen) atoms. The van der Waals surface area contributed by atoms with Crippen molar-refractivity contribution in [2.75, 3.05) is 0 Å². The monoisotopic (exact) mass is 293 g/mol. The van der Waals surface area contributed by atoms with Gasteiger partial charge in [0.1, 0.15) is 5.92 Å². The van der Waals surface area contributed by atoms with E-state index in [9.17, 15) is 4.79 Å². The zero-order valence-corrected chi connectivity index (χ0v) is 11.7. The Balaban J connectivity index is 2.83. The molecule has 3 heteroatoms. The summed E-state index contributed by atoms with van der Waals surface area (Å²) in [6.45, 7) is 4.15. The molecule has 0 aliphatic heterocycles. The van der Waals surface area contributed by atoms with Crippen molar-refractivity contribution in [3.05, 3.63) is 34.3 Å². The summed E-state index contributed by atoms with van der Waals surface area (Å²) < 4.78 is 0.824. The summed E-state index contributed by atoms with van der Waals surface area (Å²) in [5.41, 5.74) is 0.767. The number of ketones is 1. The third kappa shape index (κ3) is 3.98. The Morgan fingerprint density at radius 2 is 2.06 bits per heavy atom. The smallest absolute Gasteiger partial charge is 0.154 e. The van der Waals surface area contributed by atoms with E-state index in [0.29, 0.717) is 12.3 Å². The Hall–Kier alpha value is -1.14. The summed E-state index contributed by atoms with van der Waals surface area (Å²) in [7, 11) is 0. The van der Waals surface area contributed by atoms with Crippen LogP contribution in [0.15, 0.2) is 28.7 Å². The van der Waals surface area contributed by atoms with Crippen LogP contribution in [0.25, 0.3) is 0 Å². The first-order chi connectivity index (χ1) is 8.06. The molecule has 0 spiro atoms. The van der Waals surface area contributed by atoms with E-state index in [1.165, 1.54) is 0 Å². The molecule has 0 aliphatic carbocycles. The molecular formula is C14H16BrNO. The Morgan fingerprint density at radius 3 is 2.59 bits per heavy atom. The maximum absolute atomic E-state index is 12.0.